The van der Waals surface area contributed by atoms with Crippen molar-refractivity contribution in [2.24, 2.45) is 0 Å². The van der Waals surface area contributed by atoms with Crippen LogP contribution < -0.4 is 5.32 Å². The number of nitrogens with one attached hydrogen (secondary N) is 1. The molecule has 2 aromatic carbocycles. The van der Waals surface area contributed by atoms with Gasteiger partial charge in [-0.2, -0.15) is 0 Å². The number of rotatable bonds is 6. The molecule has 3 nitrogen and oxygen atoms in total. The van der Waals surface area contributed by atoms with E-state index >= 15 is 0 Å². The minimum atomic E-state index is 0.858. The first kappa shape index (κ1) is 16.7. The Morgan fingerprint density at radius 2 is 1.77 bits per heavy atom. The zero-order valence-corrected chi connectivity index (χ0v) is 15.6. The molecule has 0 aliphatic heterocycles. The maximum atomic E-state index is 4.52. The summed E-state index contributed by atoms with van der Waals surface area (Å²) in [4.78, 5) is 9.96. The van der Waals surface area contributed by atoms with Crippen molar-refractivity contribution < 1.29 is 0 Å². The average molecular weight is 359 g/mol. The van der Waals surface area contributed by atoms with Crippen molar-refractivity contribution in [2.75, 3.05) is 5.32 Å². The molecule has 0 spiro atoms. The second-order valence-corrected chi connectivity index (χ2v) is 7.20. The number of benzene rings is 2. The number of hydrogen-bond donors (Lipinski definition) is 1. The van der Waals surface area contributed by atoms with Gasteiger partial charge in [-0.25, -0.2) is 9.97 Å². The monoisotopic (exact) mass is 359 g/mol. The molecule has 0 atom stereocenters. The van der Waals surface area contributed by atoms with E-state index in [-0.39, 0.29) is 0 Å². The molecule has 130 valence electrons. The topological polar surface area (TPSA) is 37.8 Å². The highest BCUT2D eigenvalue weighted by Gasteiger charge is 2.13. The smallest absolute Gasteiger partial charge is 0.143 e. The lowest BCUT2D eigenvalue weighted by Gasteiger charge is -2.09. The van der Waals surface area contributed by atoms with E-state index in [1.54, 1.807) is 17.7 Å². The molecule has 26 heavy (non-hydrogen) atoms. The number of aromatic nitrogens is 2. The summed E-state index contributed by atoms with van der Waals surface area (Å²) in [5.74, 6) is 0.858. The van der Waals surface area contributed by atoms with Crippen LogP contribution in [0.25, 0.3) is 21.3 Å². The standard InChI is InChI=1S/C22H21N3S/c1-2-3-7-16-10-12-18(13-11-16)25-21-20-19(17-8-5-4-6-9-17)14-26-22(20)24-15-23-21/h4-6,8-15H,2-3,7H2,1H3,(H,23,24,25). The van der Waals surface area contributed by atoms with Crippen molar-refractivity contribution in [3.8, 4) is 11.1 Å². The Labute approximate surface area is 157 Å². The van der Waals surface area contributed by atoms with Gasteiger partial charge in [0, 0.05) is 16.6 Å². The molecule has 0 fully saturated rings. The Morgan fingerprint density at radius 3 is 2.54 bits per heavy atom. The number of thiophene rings is 1. The molecular weight excluding hydrogens is 338 g/mol. The van der Waals surface area contributed by atoms with E-state index in [2.05, 4.69) is 76.1 Å². The van der Waals surface area contributed by atoms with Gasteiger partial charge in [0.05, 0.1) is 5.39 Å². The molecule has 4 heteroatoms. The Hall–Kier alpha value is -2.72. The van der Waals surface area contributed by atoms with Crippen LogP contribution in [-0.4, -0.2) is 9.97 Å². The zero-order chi connectivity index (χ0) is 17.8. The van der Waals surface area contributed by atoms with Gasteiger partial charge in [-0.3, -0.25) is 0 Å². The lowest BCUT2D eigenvalue weighted by atomic mass is 10.1. The maximum absolute atomic E-state index is 4.52. The van der Waals surface area contributed by atoms with E-state index in [1.165, 1.54) is 29.5 Å². The van der Waals surface area contributed by atoms with Crippen molar-refractivity contribution in [1.29, 1.82) is 0 Å². The zero-order valence-electron chi connectivity index (χ0n) is 14.8. The molecule has 2 aromatic heterocycles. The van der Waals surface area contributed by atoms with E-state index in [0.717, 1.165) is 28.1 Å². The molecule has 4 rings (SSSR count). The SMILES string of the molecule is CCCCc1ccc(Nc2ncnc3scc(-c4ccccc4)c23)cc1. The largest absolute Gasteiger partial charge is 0.340 e. The molecule has 0 saturated carbocycles. The van der Waals surface area contributed by atoms with Crippen LogP contribution in [0.4, 0.5) is 11.5 Å². The van der Waals surface area contributed by atoms with Gasteiger partial charge in [-0.15, -0.1) is 11.3 Å². The molecule has 0 amide bonds. The van der Waals surface area contributed by atoms with E-state index < -0.39 is 0 Å². The predicted octanol–water partition coefficient (Wildman–Crippen LogP) is 6.44. The Kier molecular flexibility index (Phi) is 4.93. The van der Waals surface area contributed by atoms with Crippen molar-refractivity contribution in [3.63, 3.8) is 0 Å². The first-order valence-electron chi connectivity index (χ1n) is 8.98. The molecule has 0 bridgehead atoms. The van der Waals surface area contributed by atoms with Gasteiger partial charge in [-0.1, -0.05) is 55.8 Å². The third-order valence-electron chi connectivity index (χ3n) is 4.49. The maximum Gasteiger partial charge on any atom is 0.143 e. The number of anilines is 2. The van der Waals surface area contributed by atoms with Crippen LogP contribution >= 0.6 is 11.3 Å². The van der Waals surface area contributed by atoms with Crippen LogP contribution in [0.2, 0.25) is 0 Å². The normalized spacial score (nSPS) is 11.0. The fourth-order valence-electron chi connectivity index (χ4n) is 3.07. The number of nitrogens with zero attached hydrogens (tertiary/aromatic N) is 2. The minimum Gasteiger partial charge on any atom is -0.340 e. The lowest BCUT2D eigenvalue weighted by molar-refractivity contribution is 0.795. The van der Waals surface area contributed by atoms with E-state index in [1.807, 2.05) is 6.07 Å². The van der Waals surface area contributed by atoms with Gasteiger partial charge < -0.3 is 5.32 Å². The molecule has 0 saturated heterocycles. The summed E-state index contributed by atoms with van der Waals surface area (Å²) in [5, 5.41) is 6.72. The van der Waals surface area contributed by atoms with E-state index in [9.17, 15) is 0 Å². The average Bonchev–Trinajstić information content (AvgIpc) is 3.13. The number of aryl methyl sites for hydroxylation is 1. The molecule has 0 unspecified atom stereocenters. The van der Waals surface area contributed by atoms with Crippen LogP contribution in [0, 0.1) is 0 Å². The highest BCUT2D eigenvalue weighted by Crippen LogP contribution is 2.37. The lowest BCUT2D eigenvalue weighted by Crippen LogP contribution is -1.96. The summed E-state index contributed by atoms with van der Waals surface area (Å²) in [6.07, 6.45) is 5.22. The summed E-state index contributed by atoms with van der Waals surface area (Å²) in [6, 6.07) is 19.1. The Balaban J connectivity index is 1.67. The Morgan fingerprint density at radius 1 is 0.962 bits per heavy atom. The number of hydrogen-bond acceptors (Lipinski definition) is 4. The van der Waals surface area contributed by atoms with Gasteiger partial charge >= 0.3 is 0 Å². The van der Waals surface area contributed by atoms with Crippen molar-refractivity contribution in [3.05, 3.63) is 71.9 Å². The first-order valence-corrected chi connectivity index (χ1v) is 9.86. The summed E-state index contributed by atoms with van der Waals surface area (Å²) in [7, 11) is 0. The van der Waals surface area contributed by atoms with Crippen LogP contribution in [0.3, 0.4) is 0 Å². The number of unbranched alkanes of at least 4 members (excludes halogenated alkanes) is 1. The van der Waals surface area contributed by atoms with Crippen LogP contribution in [0.1, 0.15) is 25.3 Å². The predicted molar refractivity (Wildman–Crippen MR) is 111 cm³/mol. The molecule has 1 N–H and O–H groups in total. The summed E-state index contributed by atoms with van der Waals surface area (Å²) < 4.78 is 0. The third kappa shape index (κ3) is 3.46. The highest BCUT2D eigenvalue weighted by atomic mass is 32.1. The molecule has 0 aliphatic carbocycles. The van der Waals surface area contributed by atoms with Crippen molar-refractivity contribution >= 4 is 33.1 Å². The summed E-state index contributed by atoms with van der Waals surface area (Å²) in [6.45, 7) is 2.22. The second-order valence-electron chi connectivity index (χ2n) is 6.34. The minimum absolute atomic E-state index is 0.858. The van der Waals surface area contributed by atoms with E-state index in [4.69, 9.17) is 0 Å². The first-order chi connectivity index (χ1) is 12.8. The van der Waals surface area contributed by atoms with Gasteiger partial charge in [0.25, 0.3) is 0 Å². The van der Waals surface area contributed by atoms with Crippen LogP contribution in [-0.2, 0) is 6.42 Å². The van der Waals surface area contributed by atoms with Crippen molar-refractivity contribution in [1.82, 2.24) is 9.97 Å². The van der Waals surface area contributed by atoms with Gasteiger partial charge in [0.2, 0.25) is 0 Å². The Bertz CT molecular complexity index is 991. The quantitative estimate of drug-likeness (QED) is 0.430. The highest BCUT2D eigenvalue weighted by molar-refractivity contribution is 7.17. The van der Waals surface area contributed by atoms with Crippen LogP contribution in [0.5, 0.6) is 0 Å². The van der Waals surface area contributed by atoms with Gasteiger partial charge in [-0.05, 0) is 36.1 Å². The van der Waals surface area contributed by atoms with Crippen LogP contribution in [0.15, 0.2) is 66.3 Å². The molecule has 2 heterocycles. The number of fused-ring (bicyclic) bond motifs is 1. The fraction of sp³-hybridized carbons (Fsp3) is 0.182. The summed E-state index contributed by atoms with van der Waals surface area (Å²) >= 11 is 1.65. The molecular formula is C22H21N3S. The second kappa shape index (κ2) is 7.67. The molecule has 4 aromatic rings. The van der Waals surface area contributed by atoms with Crippen molar-refractivity contribution in [2.45, 2.75) is 26.2 Å². The molecule has 0 radical (unpaired) electrons. The summed E-state index contributed by atoms with van der Waals surface area (Å²) in [5.41, 5.74) is 4.79. The van der Waals surface area contributed by atoms with Gasteiger partial charge in [0.15, 0.2) is 0 Å². The third-order valence-corrected chi connectivity index (χ3v) is 5.38. The molecule has 0 aliphatic rings. The van der Waals surface area contributed by atoms with E-state index in [0.29, 0.717) is 0 Å². The fourth-order valence-corrected chi connectivity index (χ4v) is 3.99. The van der Waals surface area contributed by atoms with Gasteiger partial charge in [0.1, 0.15) is 17.0 Å².